The summed E-state index contributed by atoms with van der Waals surface area (Å²) in [6, 6.07) is 0. The Labute approximate surface area is 98.4 Å². The Bertz CT molecular complexity index is 187. The van der Waals surface area contributed by atoms with Crippen LogP contribution in [0, 0.1) is 5.00 Å². The van der Waals surface area contributed by atoms with Gasteiger partial charge in [0.1, 0.15) is 0 Å². The van der Waals surface area contributed by atoms with E-state index in [1.54, 1.807) is 0 Å². The Hall–Kier alpha value is -0.150. The zero-order chi connectivity index (χ0) is 12.1. The maximum atomic E-state index is 9.13. The zero-order valence-corrected chi connectivity index (χ0v) is 11.1. The number of unbranched alkanes of at least 4 members (excludes halogenated alkanes) is 4. The lowest BCUT2D eigenvalue weighted by atomic mass is 10.3. The maximum Gasteiger partial charge on any atom is 0.395 e. The van der Waals surface area contributed by atoms with Crippen LogP contribution in [0.15, 0.2) is 0 Å². The van der Waals surface area contributed by atoms with E-state index >= 15 is 0 Å². The van der Waals surface area contributed by atoms with Crippen LogP contribution in [-0.2, 0) is 19.1 Å². The highest BCUT2D eigenvalue weighted by Crippen LogP contribution is 2.21. The summed E-state index contributed by atoms with van der Waals surface area (Å²) in [7, 11) is -2.07. The summed E-state index contributed by atoms with van der Waals surface area (Å²) in [5.41, 5.74) is 0. The van der Waals surface area contributed by atoms with Crippen molar-refractivity contribution >= 4 is 8.01 Å². The van der Waals surface area contributed by atoms with E-state index < -0.39 is 8.01 Å². The molecule has 6 heteroatoms. The normalized spacial score (nSPS) is 10.6. The third kappa shape index (κ3) is 11.9. The van der Waals surface area contributed by atoms with Gasteiger partial charge in [0.2, 0.25) is 0 Å². The van der Waals surface area contributed by atoms with Crippen molar-refractivity contribution in [1.82, 2.24) is 0 Å². The largest absolute Gasteiger partial charge is 0.395 e. The molecule has 0 aromatic rings. The molecule has 0 atom stereocenters. The fourth-order valence-electron chi connectivity index (χ4n) is 0.999. The summed E-state index contributed by atoms with van der Waals surface area (Å²) in [5, 5.41) is 9.13. The van der Waals surface area contributed by atoms with Crippen molar-refractivity contribution in [3.63, 3.8) is 0 Å². The van der Waals surface area contributed by atoms with Crippen LogP contribution in [0.25, 0.3) is 0 Å². The summed E-state index contributed by atoms with van der Waals surface area (Å²) in [4.78, 5) is 9.50. The van der Waals surface area contributed by atoms with Crippen molar-refractivity contribution < 1.29 is 19.1 Å². The van der Waals surface area contributed by atoms with Crippen molar-refractivity contribution in [2.75, 3.05) is 13.2 Å². The fraction of sp³-hybridized carbons (Fsp3) is 1.00. The average molecular weight is 251 g/mol. The first kappa shape index (κ1) is 15.9. The third-order valence-electron chi connectivity index (χ3n) is 1.90. The monoisotopic (exact) mass is 251 g/mol. The molecule has 0 aliphatic carbocycles. The first-order valence-corrected chi connectivity index (χ1v) is 7.02. The van der Waals surface area contributed by atoms with Crippen molar-refractivity contribution in [3.8, 4) is 0 Å². The van der Waals surface area contributed by atoms with Gasteiger partial charge in [-0.1, -0.05) is 39.5 Å². The van der Waals surface area contributed by atoms with E-state index in [1.807, 2.05) is 0 Å². The Morgan fingerprint density at radius 1 is 0.812 bits per heavy atom. The molecule has 0 aromatic heterocycles. The second kappa shape index (κ2) is 12.9. The first-order valence-electron chi connectivity index (χ1n) is 5.89. The standard InChI is InChI=1S/C10H22NO4P/c1-3-5-7-9-12-14-16(11)15-13-10-8-6-4-2/h3-10H2,1-2H3. The molecule has 0 radical (unpaired) electrons. The van der Waals surface area contributed by atoms with E-state index in [2.05, 4.69) is 23.2 Å². The van der Waals surface area contributed by atoms with Crippen molar-refractivity contribution in [2.45, 2.75) is 52.4 Å². The van der Waals surface area contributed by atoms with Crippen LogP contribution in [0.1, 0.15) is 52.4 Å². The van der Waals surface area contributed by atoms with E-state index in [9.17, 15) is 0 Å². The number of hydrogen-bond acceptors (Lipinski definition) is 5. The van der Waals surface area contributed by atoms with Gasteiger partial charge < -0.3 is 0 Å². The smallest absolute Gasteiger partial charge is 0.224 e. The first-order chi connectivity index (χ1) is 7.81. The highest BCUT2D eigenvalue weighted by molar-refractivity contribution is 7.31. The molecule has 16 heavy (non-hydrogen) atoms. The van der Waals surface area contributed by atoms with Gasteiger partial charge in [-0.25, -0.2) is 9.78 Å². The second-order valence-electron chi connectivity index (χ2n) is 3.45. The lowest BCUT2D eigenvalue weighted by molar-refractivity contribution is -0.253. The molecule has 0 aromatic carbocycles. The Morgan fingerprint density at radius 2 is 1.25 bits per heavy atom. The predicted octanol–water partition coefficient (Wildman–Crippen LogP) is 4.05. The molecule has 0 amide bonds. The molecule has 0 rings (SSSR count). The fourth-order valence-corrected chi connectivity index (χ4v) is 1.35. The topological polar surface area (TPSA) is 60.7 Å². The Morgan fingerprint density at radius 3 is 1.62 bits per heavy atom. The van der Waals surface area contributed by atoms with Crippen LogP contribution in [0.2, 0.25) is 0 Å². The van der Waals surface area contributed by atoms with Crippen molar-refractivity contribution in [3.05, 3.63) is 0 Å². The van der Waals surface area contributed by atoms with Crippen LogP contribution in [0.3, 0.4) is 0 Å². The van der Waals surface area contributed by atoms with Gasteiger partial charge >= 0.3 is 8.01 Å². The molecule has 0 N–H and O–H groups in total. The van der Waals surface area contributed by atoms with E-state index in [0.29, 0.717) is 13.2 Å². The molecular formula is C10H22NO4P. The molecular weight excluding hydrogens is 229 g/mol. The van der Waals surface area contributed by atoms with E-state index in [4.69, 9.17) is 14.8 Å². The summed E-state index contributed by atoms with van der Waals surface area (Å²) < 4.78 is 9.14. The summed E-state index contributed by atoms with van der Waals surface area (Å²) >= 11 is 0. The molecule has 5 nitrogen and oxygen atoms in total. The molecule has 0 spiro atoms. The lowest BCUT2D eigenvalue weighted by Crippen LogP contribution is -1.94. The molecule has 0 unspecified atom stereocenters. The predicted molar refractivity (Wildman–Crippen MR) is 61.8 cm³/mol. The Kier molecular flexibility index (Phi) is 12.8. The lowest BCUT2D eigenvalue weighted by Gasteiger charge is -2.02. The van der Waals surface area contributed by atoms with Gasteiger partial charge in [0.05, 0.1) is 13.2 Å². The molecule has 0 saturated heterocycles. The number of rotatable bonds is 10. The highest BCUT2D eigenvalue weighted by atomic mass is 31.1. The summed E-state index contributed by atoms with van der Waals surface area (Å²) in [5.74, 6) is 0. The van der Waals surface area contributed by atoms with Crippen molar-refractivity contribution in [1.29, 1.82) is 5.00 Å². The molecule has 96 valence electrons. The van der Waals surface area contributed by atoms with Gasteiger partial charge in [0.25, 0.3) is 0 Å². The van der Waals surface area contributed by atoms with Gasteiger partial charge in [-0.3, -0.25) is 0 Å². The van der Waals surface area contributed by atoms with Gasteiger partial charge in [-0.05, 0) is 12.8 Å². The van der Waals surface area contributed by atoms with Crippen LogP contribution in [0.4, 0.5) is 0 Å². The minimum Gasteiger partial charge on any atom is -0.224 e. The quantitative estimate of drug-likeness (QED) is 0.253. The molecule has 0 fully saturated rings. The zero-order valence-electron chi connectivity index (χ0n) is 10.2. The van der Waals surface area contributed by atoms with Gasteiger partial charge in [-0.15, -0.1) is 9.35 Å². The van der Waals surface area contributed by atoms with E-state index in [1.165, 1.54) is 0 Å². The maximum absolute atomic E-state index is 9.13. The SMILES string of the molecule is CCCCCOOP(#N)OOCCCCC. The van der Waals surface area contributed by atoms with E-state index in [-0.39, 0.29) is 0 Å². The van der Waals surface area contributed by atoms with Crippen LogP contribution < -0.4 is 0 Å². The van der Waals surface area contributed by atoms with E-state index in [0.717, 1.165) is 38.5 Å². The molecule has 0 bridgehead atoms. The van der Waals surface area contributed by atoms with Crippen LogP contribution >= 0.6 is 8.01 Å². The average Bonchev–Trinajstić information content (AvgIpc) is 2.28. The summed E-state index contributed by atoms with van der Waals surface area (Å²) in [6.45, 7) is 5.14. The molecule has 0 saturated carbocycles. The number of hydrogen-bond donors (Lipinski definition) is 0. The minimum atomic E-state index is -2.07. The molecule has 0 aliphatic rings. The molecule has 0 heterocycles. The second-order valence-corrected chi connectivity index (χ2v) is 4.22. The van der Waals surface area contributed by atoms with Gasteiger partial charge in [-0.2, -0.15) is 5.00 Å². The summed E-state index contributed by atoms with van der Waals surface area (Å²) in [6.07, 6.45) is 6.23. The highest BCUT2D eigenvalue weighted by Gasteiger charge is 2.01. The van der Waals surface area contributed by atoms with Crippen LogP contribution in [-0.4, -0.2) is 13.2 Å². The van der Waals surface area contributed by atoms with Crippen molar-refractivity contribution in [2.24, 2.45) is 0 Å². The van der Waals surface area contributed by atoms with Gasteiger partial charge in [0, 0.05) is 0 Å². The van der Waals surface area contributed by atoms with Crippen LogP contribution in [0.5, 0.6) is 0 Å². The number of nitrogens with zero attached hydrogens (tertiary/aromatic N) is 1. The third-order valence-corrected chi connectivity index (χ3v) is 2.36. The van der Waals surface area contributed by atoms with Gasteiger partial charge in [0.15, 0.2) is 0 Å². The Balaban J connectivity index is 3.13. The minimum absolute atomic E-state index is 0.465. The molecule has 0 aliphatic heterocycles.